The van der Waals surface area contributed by atoms with Crippen LogP contribution in [-0.2, 0) is 4.79 Å². The average Bonchev–Trinajstić information content (AvgIpc) is 2.42. The fraction of sp³-hybridized carbons (Fsp3) is 0.647. The predicted molar refractivity (Wildman–Crippen MR) is 85.0 cm³/mol. The molecule has 0 unspecified atom stereocenters. The number of dihydropyridines is 1. The zero-order valence-corrected chi connectivity index (χ0v) is 13.4. The molecule has 2 fully saturated rings. The first-order valence-electron chi connectivity index (χ1n) is 8.17. The summed E-state index contributed by atoms with van der Waals surface area (Å²) in [7, 11) is 1.74. The Morgan fingerprint density at radius 1 is 1.41 bits per heavy atom. The zero-order valence-electron chi connectivity index (χ0n) is 13.4. The number of aldehydes is 1. The lowest BCUT2D eigenvalue weighted by molar-refractivity contribution is -0.119. The van der Waals surface area contributed by atoms with E-state index in [1.54, 1.807) is 11.9 Å². The van der Waals surface area contributed by atoms with E-state index in [1.165, 1.54) is 19.3 Å². The molecule has 3 rings (SSSR count). The van der Waals surface area contributed by atoms with Crippen LogP contribution in [0.1, 0.15) is 39.0 Å². The number of allylic oxidation sites excluding steroid dienone is 1. The molecule has 0 spiro atoms. The van der Waals surface area contributed by atoms with Crippen molar-refractivity contribution in [3.05, 3.63) is 23.5 Å². The quantitative estimate of drug-likeness (QED) is 0.782. The van der Waals surface area contributed by atoms with Gasteiger partial charge in [0, 0.05) is 19.8 Å². The largest absolute Gasteiger partial charge is 0.386 e. The van der Waals surface area contributed by atoms with E-state index in [0.29, 0.717) is 5.92 Å². The number of likely N-dealkylation sites (N-methyl/N-ethyl adjacent to an activating group) is 1. The Hall–Kier alpha value is -1.78. The van der Waals surface area contributed by atoms with Crippen LogP contribution < -0.4 is 10.6 Å². The molecule has 1 heterocycles. The van der Waals surface area contributed by atoms with Gasteiger partial charge in [0.25, 0.3) is 0 Å². The highest BCUT2D eigenvalue weighted by atomic mass is 16.2. The molecule has 5 heteroatoms. The molecule has 2 amide bonds. The number of hydrogen-bond acceptors (Lipinski definition) is 3. The summed E-state index contributed by atoms with van der Waals surface area (Å²) in [5.41, 5.74) is 1.27. The summed E-state index contributed by atoms with van der Waals surface area (Å²) in [6.45, 7) is 2.77. The van der Waals surface area contributed by atoms with Gasteiger partial charge >= 0.3 is 6.03 Å². The third kappa shape index (κ3) is 2.64. The van der Waals surface area contributed by atoms with E-state index in [9.17, 15) is 9.59 Å². The Morgan fingerprint density at radius 2 is 2.14 bits per heavy atom. The summed E-state index contributed by atoms with van der Waals surface area (Å²) >= 11 is 0. The van der Waals surface area contributed by atoms with Crippen molar-refractivity contribution in [1.82, 2.24) is 15.5 Å². The number of hydrogen-bond donors (Lipinski definition) is 2. The lowest BCUT2D eigenvalue weighted by Crippen LogP contribution is -2.62. The van der Waals surface area contributed by atoms with Crippen molar-refractivity contribution >= 4 is 12.3 Å². The van der Waals surface area contributed by atoms with Gasteiger partial charge in [0.05, 0.1) is 11.2 Å². The minimum atomic E-state index is -0.647. The van der Waals surface area contributed by atoms with Crippen LogP contribution in [0, 0.1) is 11.8 Å². The van der Waals surface area contributed by atoms with E-state index < -0.39 is 5.54 Å². The van der Waals surface area contributed by atoms with Crippen LogP contribution in [0.4, 0.5) is 4.79 Å². The average molecular weight is 303 g/mol. The SMILES string of the molecule is CC1=CCNC=C1N(C)C(=O)NC1(C=O)CC(C2CCC2)C1. The van der Waals surface area contributed by atoms with E-state index >= 15 is 0 Å². The summed E-state index contributed by atoms with van der Waals surface area (Å²) in [6, 6.07) is -0.207. The molecule has 2 saturated carbocycles. The highest BCUT2D eigenvalue weighted by Gasteiger charge is 2.49. The lowest BCUT2D eigenvalue weighted by Gasteiger charge is -2.50. The second-order valence-electron chi connectivity index (χ2n) is 6.95. The van der Waals surface area contributed by atoms with Crippen LogP contribution in [0.3, 0.4) is 0 Å². The number of urea groups is 1. The minimum Gasteiger partial charge on any atom is -0.386 e. The summed E-state index contributed by atoms with van der Waals surface area (Å²) < 4.78 is 0. The molecule has 0 aromatic rings. The molecule has 2 aliphatic carbocycles. The summed E-state index contributed by atoms with van der Waals surface area (Å²) in [6.07, 6.45) is 10.3. The van der Waals surface area contributed by atoms with Gasteiger partial charge in [-0.1, -0.05) is 25.3 Å². The third-order valence-corrected chi connectivity index (χ3v) is 5.49. The standard InChI is InChI=1S/C17H25N3O2/c1-12-6-7-18-10-15(12)20(2)16(22)19-17(11-21)8-14(9-17)13-4-3-5-13/h6,10-11,13-14,18H,3-5,7-9H2,1-2H3,(H,19,22). The third-order valence-electron chi connectivity index (χ3n) is 5.49. The molecule has 2 N–H and O–H groups in total. The van der Waals surface area contributed by atoms with Crippen LogP contribution in [0.15, 0.2) is 23.5 Å². The smallest absolute Gasteiger partial charge is 0.322 e. The number of carbonyl (C=O) groups excluding carboxylic acids is 2. The number of amides is 2. The van der Waals surface area contributed by atoms with Crippen molar-refractivity contribution in [2.24, 2.45) is 11.8 Å². The molecule has 0 bridgehead atoms. The normalized spacial score (nSPS) is 30.9. The van der Waals surface area contributed by atoms with Gasteiger partial charge in [0.1, 0.15) is 6.29 Å². The van der Waals surface area contributed by atoms with Crippen molar-refractivity contribution < 1.29 is 9.59 Å². The minimum absolute atomic E-state index is 0.207. The molecule has 1 aliphatic heterocycles. The fourth-order valence-corrected chi connectivity index (χ4v) is 3.70. The second-order valence-corrected chi connectivity index (χ2v) is 6.95. The van der Waals surface area contributed by atoms with E-state index in [4.69, 9.17) is 0 Å². The summed E-state index contributed by atoms with van der Waals surface area (Å²) in [5, 5.41) is 6.07. The van der Waals surface area contributed by atoms with Crippen molar-refractivity contribution in [2.45, 2.75) is 44.6 Å². The maximum atomic E-state index is 12.5. The fourth-order valence-electron chi connectivity index (χ4n) is 3.70. The van der Waals surface area contributed by atoms with Crippen molar-refractivity contribution in [3.8, 4) is 0 Å². The van der Waals surface area contributed by atoms with Crippen LogP contribution >= 0.6 is 0 Å². The van der Waals surface area contributed by atoms with Gasteiger partial charge in [0.15, 0.2) is 0 Å². The highest BCUT2D eigenvalue weighted by Crippen LogP contribution is 2.48. The van der Waals surface area contributed by atoms with Gasteiger partial charge < -0.3 is 15.4 Å². The molecule has 0 radical (unpaired) electrons. The van der Waals surface area contributed by atoms with Gasteiger partial charge in [-0.3, -0.25) is 4.90 Å². The predicted octanol–water partition coefficient (Wildman–Crippen LogP) is 2.17. The molecular formula is C17H25N3O2. The second kappa shape index (κ2) is 5.78. The molecule has 0 atom stereocenters. The molecular weight excluding hydrogens is 278 g/mol. The van der Waals surface area contributed by atoms with E-state index in [0.717, 1.165) is 42.9 Å². The summed E-state index contributed by atoms with van der Waals surface area (Å²) in [5.74, 6) is 1.39. The molecule has 22 heavy (non-hydrogen) atoms. The van der Waals surface area contributed by atoms with Crippen molar-refractivity contribution in [3.63, 3.8) is 0 Å². The van der Waals surface area contributed by atoms with E-state index in [1.807, 2.05) is 19.2 Å². The first kappa shape index (κ1) is 15.1. The number of carbonyl (C=O) groups is 2. The van der Waals surface area contributed by atoms with Crippen LogP contribution in [-0.4, -0.2) is 36.3 Å². The van der Waals surface area contributed by atoms with Gasteiger partial charge in [-0.05, 0) is 37.2 Å². The van der Waals surface area contributed by atoms with E-state index in [2.05, 4.69) is 10.6 Å². The van der Waals surface area contributed by atoms with E-state index in [-0.39, 0.29) is 6.03 Å². The van der Waals surface area contributed by atoms with Gasteiger partial charge in [-0.25, -0.2) is 4.79 Å². The summed E-state index contributed by atoms with van der Waals surface area (Å²) in [4.78, 5) is 25.6. The number of nitrogens with one attached hydrogen (secondary N) is 2. The Balaban J connectivity index is 1.59. The number of nitrogens with zero attached hydrogens (tertiary/aromatic N) is 1. The first-order chi connectivity index (χ1) is 10.5. The molecule has 3 aliphatic rings. The molecule has 0 aromatic heterocycles. The van der Waals surface area contributed by atoms with Crippen molar-refractivity contribution in [2.75, 3.05) is 13.6 Å². The maximum absolute atomic E-state index is 12.5. The van der Waals surface area contributed by atoms with Gasteiger partial charge in [-0.2, -0.15) is 0 Å². The van der Waals surface area contributed by atoms with Crippen LogP contribution in [0.25, 0.3) is 0 Å². The first-order valence-corrected chi connectivity index (χ1v) is 8.17. The van der Waals surface area contributed by atoms with Crippen molar-refractivity contribution in [1.29, 1.82) is 0 Å². The molecule has 0 aromatic carbocycles. The Morgan fingerprint density at radius 3 is 2.68 bits per heavy atom. The van der Waals surface area contributed by atoms with Gasteiger partial charge in [0.2, 0.25) is 0 Å². The lowest BCUT2D eigenvalue weighted by atomic mass is 9.59. The van der Waals surface area contributed by atoms with Gasteiger partial charge in [-0.15, -0.1) is 0 Å². The van der Waals surface area contributed by atoms with Crippen LogP contribution in [0.5, 0.6) is 0 Å². The number of rotatable bonds is 4. The maximum Gasteiger partial charge on any atom is 0.322 e. The molecule has 5 nitrogen and oxygen atoms in total. The highest BCUT2D eigenvalue weighted by molar-refractivity contribution is 5.83. The zero-order chi connectivity index (χ0) is 15.7. The Labute approximate surface area is 131 Å². The monoisotopic (exact) mass is 303 g/mol. The van der Waals surface area contributed by atoms with Crippen LogP contribution in [0.2, 0.25) is 0 Å². The Bertz CT molecular complexity index is 528. The molecule has 120 valence electrons. The topological polar surface area (TPSA) is 61.4 Å². The Kier molecular flexibility index (Phi) is 3.98. The molecule has 0 saturated heterocycles.